The third kappa shape index (κ3) is 2.93. The Morgan fingerprint density at radius 2 is 2.25 bits per heavy atom. The van der Waals surface area contributed by atoms with Gasteiger partial charge >= 0.3 is 0 Å². The number of hydrogen-bond acceptors (Lipinski definition) is 2. The number of aliphatic hydroxyl groups excluding tert-OH is 1. The molecule has 0 fully saturated rings. The van der Waals surface area contributed by atoms with Crippen LogP contribution in [0.5, 0.6) is 0 Å². The van der Waals surface area contributed by atoms with Crippen LogP contribution in [0.25, 0.3) is 0 Å². The van der Waals surface area contributed by atoms with Crippen molar-refractivity contribution in [3.05, 3.63) is 0 Å². The van der Waals surface area contributed by atoms with E-state index >= 15 is 0 Å². The molecule has 8 heavy (non-hydrogen) atoms. The Bertz CT molecular complexity index is 65.4. The minimum absolute atomic E-state index is 0.0203. The van der Waals surface area contributed by atoms with Crippen LogP contribution in [0.2, 0.25) is 0 Å². The lowest BCUT2D eigenvalue weighted by Gasteiger charge is -2.14. The van der Waals surface area contributed by atoms with Crippen LogP contribution in [0, 0.1) is 0 Å². The molecular weight excluding hydrogens is 109 g/mol. The van der Waals surface area contributed by atoms with Crippen LogP contribution < -0.4 is 5.73 Å². The van der Waals surface area contributed by atoms with Crippen LogP contribution >= 0.6 is 0 Å². The molecule has 0 spiro atoms. The van der Waals surface area contributed by atoms with Crippen molar-refractivity contribution in [3.63, 3.8) is 0 Å². The summed E-state index contributed by atoms with van der Waals surface area (Å²) in [5.41, 5.74) is 3.63. The molecule has 0 radical (unpaired) electrons. The van der Waals surface area contributed by atoms with Crippen molar-refractivity contribution in [1.82, 2.24) is 0 Å². The van der Waals surface area contributed by atoms with Gasteiger partial charge in [-0.05, 0) is 6.92 Å². The average Bonchev–Trinajstić information content (AvgIpc) is 1.67. The predicted octanol–water partition coefficient (Wildman–Crippen LogP) is 0.0557. The predicted molar refractivity (Wildman–Crippen MR) is 30.3 cm³/mol. The molecule has 0 aliphatic heterocycles. The number of alkyl halides is 1. The van der Waals surface area contributed by atoms with Gasteiger partial charge in [0, 0.05) is 19.6 Å². The molecule has 0 aromatic carbocycles. The topological polar surface area (TPSA) is 46.2 Å². The second-order valence-corrected chi connectivity index (χ2v) is 2.09. The Morgan fingerprint density at radius 3 is 2.38 bits per heavy atom. The highest BCUT2D eigenvalue weighted by molar-refractivity contribution is 4.72. The van der Waals surface area contributed by atoms with Crippen molar-refractivity contribution >= 4 is 0 Å². The van der Waals surface area contributed by atoms with Gasteiger partial charge in [-0.3, -0.25) is 0 Å². The molecule has 3 N–H and O–H groups in total. The maximum Gasteiger partial charge on any atom is 0.122 e. The molecule has 0 bridgehead atoms. The molecule has 0 aliphatic carbocycles. The molecule has 0 amide bonds. The molecule has 0 rings (SSSR count). The molecule has 50 valence electrons. The average molecular weight is 121 g/mol. The summed E-state index contributed by atoms with van der Waals surface area (Å²) < 4.78 is 12.5. The van der Waals surface area contributed by atoms with E-state index in [1.807, 2.05) is 0 Å². The normalized spacial score (nSPS) is 18.0. The van der Waals surface area contributed by atoms with Gasteiger partial charge in [-0.25, -0.2) is 4.39 Å². The van der Waals surface area contributed by atoms with Crippen LogP contribution in [-0.4, -0.2) is 23.9 Å². The van der Waals surface area contributed by atoms with Crippen LogP contribution in [-0.2, 0) is 0 Å². The first-order valence-electron chi connectivity index (χ1n) is 2.62. The highest BCUT2D eigenvalue weighted by atomic mass is 19.1. The van der Waals surface area contributed by atoms with E-state index in [0.717, 1.165) is 0 Å². The molecule has 1 unspecified atom stereocenters. The Kier molecular flexibility index (Phi) is 2.94. The van der Waals surface area contributed by atoms with Crippen molar-refractivity contribution in [3.8, 4) is 0 Å². The quantitative estimate of drug-likeness (QED) is 0.554. The first kappa shape index (κ1) is 7.85. The zero-order valence-corrected chi connectivity index (χ0v) is 5.02. The summed E-state index contributed by atoms with van der Waals surface area (Å²) >= 11 is 0. The summed E-state index contributed by atoms with van der Waals surface area (Å²) in [7, 11) is 0. The van der Waals surface area contributed by atoms with Crippen molar-refractivity contribution < 1.29 is 9.50 Å². The van der Waals surface area contributed by atoms with Gasteiger partial charge in [-0.1, -0.05) is 0 Å². The number of aliphatic hydroxyl groups is 1. The Balaban J connectivity index is 3.37. The smallest absolute Gasteiger partial charge is 0.122 e. The van der Waals surface area contributed by atoms with Gasteiger partial charge < -0.3 is 10.8 Å². The van der Waals surface area contributed by atoms with Crippen LogP contribution in [0.4, 0.5) is 4.39 Å². The fourth-order valence-corrected chi connectivity index (χ4v) is 0.335. The number of hydrogen-bond donors (Lipinski definition) is 2. The fourth-order valence-electron chi connectivity index (χ4n) is 0.335. The van der Waals surface area contributed by atoms with E-state index in [1.54, 1.807) is 0 Å². The summed E-state index contributed by atoms with van der Waals surface area (Å²) in [4.78, 5) is 0. The van der Waals surface area contributed by atoms with Gasteiger partial charge in [0.05, 0.1) is 0 Å². The van der Waals surface area contributed by atoms with Gasteiger partial charge in [0.2, 0.25) is 0 Å². The van der Waals surface area contributed by atoms with Gasteiger partial charge in [-0.15, -0.1) is 0 Å². The van der Waals surface area contributed by atoms with Crippen LogP contribution in [0.15, 0.2) is 0 Å². The molecule has 0 aromatic heterocycles. The summed E-state index contributed by atoms with van der Waals surface area (Å²) in [6.45, 7) is 1.22. The monoisotopic (exact) mass is 121 g/mol. The van der Waals surface area contributed by atoms with E-state index in [9.17, 15) is 4.39 Å². The van der Waals surface area contributed by atoms with Crippen molar-refractivity contribution in [2.75, 3.05) is 13.2 Å². The minimum atomic E-state index is -1.38. The SMILES string of the molecule is CC(F)(CN)CCO. The maximum absolute atomic E-state index is 12.5. The molecule has 0 saturated heterocycles. The van der Waals surface area contributed by atoms with Gasteiger partial charge in [0.25, 0.3) is 0 Å². The van der Waals surface area contributed by atoms with Crippen molar-refractivity contribution in [1.29, 1.82) is 0 Å². The maximum atomic E-state index is 12.5. The lowest BCUT2D eigenvalue weighted by Crippen LogP contribution is -2.30. The summed E-state index contributed by atoms with van der Waals surface area (Å²) in [6.07, 6.45) is 0.128. The van der Waals surface area contributed by atoms with Gasteiger partial charge in [-0.2, -0.15) is 0 Å². The lowest BCUT2D eigenvalue weighted by molar-refractivity contribution is 0.141. The fraction of sp³-hybridized carbons (Fsp3) is 1.00. The van der Waals surface area contributed by atoms with Gasteiger partial charge in [0.15, 0.2) is 0 Å². The number of nitrogens with two attached hydrogens (primary N) is 1. The van der Waals surface area contributed by atoms with E-state index in [4.69, 9.17) is 10.8 Å². The largest absolute Gasteiger partial charge is 0.396 e. The molecule has 2 nitrogen and oxygen atoms in total. The zero-order chi connectivity index (χ0) is 6.62. The molecule has 1 atom stereocenters. The summed E-state index contributed by atoms with van der Waals surface area (Å²) in [6, 6.07) is 0. The molecule has 0 aliphatic rings. The van der Waals surface area contributed by atoms with E-state index < -0.39 is 5.67 Å². The van der Waals surface area contributed by atoms with Crippen molar-refractivity contribution in [2.45, 2.75) is 19.0 Å². The first-order valence-corrected chi connectivity index (χ1v) is 2.62. The van der Waals surface area contributed by atoms with Crippen molar-refractivity contribution in [2.24, 2.45) is 5.73 Å². The third-order valence-corrected chi connectivity index (χ3v) is 1.06. The molecule has 3 heteroatoms. The Hall–Kier alpha value is -0.150. The van der Waals surface area contributed by atoms with E-state index in [1.165, 1.54) is 6.92 Å². The van der Waals surface area contributed by atoms with E-state index in [0.29, 0.717) is 0 Å². The molecule has 0 heterocycles. The highest BCUT2D eigenvalue weighted by Crippen LogP contribution is 2.11. The lowest BCUT2D eigenvalue weighted by atomic mass is 10.1. The third-order valence-electron chi connectivity index (χ3n) is 1.06. The Morgan fingerprint density at radius 1 is 1.75 bits per heavy atom. The molecule has 0 saturated carbocycles. The first-order chi connectivity index (χ1) is 3.62. The van der Waals surface area contributed by atoms with Crippen LogP contribution in [0.3, 0.4) is 0 Å². The standard InChI is InChI=1S/C5H12FNO/c1-5(6,4-7)2-3-8/h8H,2-4,7H2,1H3. The van der Waals surface area contributed by atoms with Crippen LogP contribution in [0.1, 0.15) is 13.3 Å². The Labute approximate surface area is 48.5 Å². The minimum Gasteiger partial charge on any atom is -0.396 e. The number of rotatable bonds is 3. The highest BCUT2D eigenvalue weighted by Gasteiger charge is 2.18. The molecular formula is C5H12FNO. The second kappa shape index (κ2) is 2.99. The molecule has 0 aromatic rings. The van der Waals surface area contributed by atoms with E-state index in [-0.39, 0.29) is 19.6 Å². The summed E-state index contributed by atoms with van der Waals surface area (Å²) in [5.74, 6) is 0. The summed E-state index contributed by atoms with van der Waals surface area (Å²) in [5, 5.41) is 8.24. The second-order valence-electron chi connectivity index (χ2n) is 2.09. The van der Waals surface area contributed by atoms with E-state index in [2.05, 4.69) is 0 Å². The number of halogens is 1. The zero-order valence-electron chi connectivity index (χ0n) is 5.02. The van der Waals surface area contributed by atoms with Gasteiger partial charge in [0.1, 0.15) is 5.67 Å².